The van der Waals surface area contributed by atoms with Crippen molar-refractivity contribution < 1.29 is 4.79 Å². The molecule has 26 heavy (non-hydrogen) atoms. The van der Waals surface area contributed by atoms with E-state index in [2.05, 4.69) is 53.6 Å². The molecule has 7 heteroatoms. The highest BCUT2D eigenvalue weighted by Crippen LogP contribution is 2.31. The number of anilines is 2. The fraction of sp³-hybridized carbons (Fsp3) is 0.526. The molecule has 3 rings (SSSR count). The van der Waals surface area contributed by atoms with Crippen molar-refractivity contribution >= 4 is 39.8 Å². The summed E-state index contributed by atoms with van der Waals surface area (Å²) in [6.07, 6.45) is 3.24. The maximum absolute atomic E-state index is 12.6. The second-order valence-electron chi connectivity index (χ2n) is 6.82. The first-order valence-electron chi connectivity index (χ1n) is 9.20. The van der Waals surface area contributed by atoms with Crippen LogP contribution < -0.4 is 5.32 Å². The zero-order valence-corrected chi connectivity index (χ0v) is 17.2. The Morgan fingerprint density at radius 2 is 2.00 bits per heavy atom. The Hall–Kier alpha value is -1.60. The number of thioether (sulfide) groups is 1. The normalized spacial score (nSPS) is 16.5. The predicted octanol–water partition coefficient (Wildman–Crippen LogP) is 4.58. The van der Waals surface area contributed by atoms with Gasteiger partial charge in [-0.05, 0) is 49.8 Å². The molecule has 0 unspecified atom stereocenters. The van der Waals surface area contributed by atoms with Crippen LogP contribution in [0.1, 0.15) is 39.2 Å². The number of benzene rings is 1. The fourth-order valence-corrected chi connectivity index (χ4v) is 4.94. The molecule has 1 saturated heterocycles. The van der Waals surface area contributed by atoms with Gasteiger partial charge >= 0.3 is 0 Å². The topological polar surface area (TPSA) is 58.1 Å². The lowest BCUT2D eigenvalue weighted by Crippen LogP contribution is -2.41. The highest BCUT2D eigenvalue weighted by molar-refractivity contribution is 8.02. The lowest BCUT2D eigenvalue weighted by atomic mass is 9.99. The molecule has 1 aromatic heterocycles. The number of likely N-dealkylation sites (tertiary alicyclic amines) is 1. The zero-order valence-electron chi connectivity index (χ0n) is 15.6. The van der Waals surface area contributed by atoms with Gasteiger partial charge in [-0.15, -0.1) is 10.2 Å². The Bertz CT molecular complexity index is 723. The Labute approximate surface area is 163 Å². The van der Waals surface area contributed by atoms with Gasteiger partial charge in [-0.1, -0.05) is 49.1 Å². The van der Waals surface area contributed by atoms with Crippen LogP contribution in [0, 0.1) is 5.92 Å². The summed E-state index contributed by atoms with van der Waals surface area (Å²) < 4.78 is 0.823. The number of aromatic nitrogens is 2. The first-order chi connectivity index (χ1) is 12.5. The van der Waals surface area contributed by atoms with Crippen molar-refractivity contribution in [2.75, 3.05) is 18.4 Å². The van der Waals surface area contributed by atoms with E-state index in [0.717, 1.165) is 53.4 Å². The van der Waals surface area contributed by atoms with Crippen LogP contribution in [0.5, 0.6) is 0 Å². The largest absolute Gasteiger partial charge is 0.342 e. The lowest BCUT2D eigenvalue weighted by molar-refractivity contribution is -0.131. The Morgan fingerprint density at radius 3 is 2.65 bits per heavy atom. The van der Waals surface area contributed by atoms with Crippen molar-refractivity contribution in [3.63, 3.8) is 0 Å². The van der Waals surface area contributed by atoms with E-state index in [0.29, 0.717) is 0 Å². The molecule has 1 atom stereocenters. The molecule has 0 radical (unpaired) electrons. The molecule has 0 aliphatic carbocycles. The fourth-order valence-electron chi connectivity index (χ4n) is 2.94. The van der Waals surface area contributed by atoms with E-state index in [4.69, 9.17) is 0 Å². The van der Waals surface area contributed by atoms with Crippen LogP contribution in [0.2, 0.25) is 0 Å². The first-order valence-corrected chi connectivity index (χ1v) is 10.9. The number of rotatable bonds is 6. The zero-order chi connectivity index (χ0) is 18.5. The molecular weight excluding hydrogens is 364 g/mol. The van der Waals surface area contributed by atoms with Crippen LogP contribution in [0.15, 0.2) is 28.6 Å². The Kier molecular flexibility index (Phi) is 6.53. The molecular formula is C19H26N4OS2. The number of hydrogen-bond acceptors (Lipinski definition) is 6. The van der Waals surface area contributed by atoms with Crippen molar-refractivity contribution in [1.82, 2.24) is 15.1 Å². The second-order valence-corrected chi connectivity index (χ2v) is 9.38. The van der Waals surface area contributed by atoms with Crippen molar-refractivity contribution in [1.29, 1.82) is 0 Å². The van der Waals surface area contributed by atoms with Crippen LogP contribution >= 0.6 is 23.1 Å². The van der Waals surface area contributed by atoms with E-state index < -0.39 is 0 Å². The molecule has 140 valence electrons. The van der Waals surface area contributed by atoms with Gasteiger partial charge in [0.05, 0.1) is 5.25 Å². The third kappa shape index (κ3) is 4.98. The minimum Gasteiger partial charge on any atom is -0.342 e. The molecule has 1 aliphatic rings. The van der Waals surface area contributed by atoms with E-state index in [1.807, 2.05) is 11.8 Å². The molecule has 5 nitrogen and oxygen atoms in total. The van der Waals surface area contributed by atoms with Crippen LogP contribution in [-0.4, -0.2) is 39.3 Å². The second kappa shape index (κ2) is 8.86. The number of hydrogen-bond donors (Lipinski definition) is 1. The van der Waals surface area contributed by atoms with Crippen molar-refractivity contribution in [2.24, 2.45) is 5.92 Å². The Balaban J connectivity index is 1.54. The van der Waals surface area contributed by atoms with Crippen LogP contribution in [0.25, 0.3) is 0 Å². The van der Waals surface area contributed by atoms with E-state index in [9.17, 15) is 4.79 Å². The van der Waals surface area contributed by atoms with Crippen molar-refractivity contribution in [3.8, 4) is 0 Å². The van der Waals surface area contributed by atoms with Gasteiger partial charge < -0.3 is 10.2 Å². The van der Waals surface area contributed by atoms with Crippen molar-refractivity contribution in [3.05, 3.63) is 29.8 Å². The molecule has 0 saturated carbocycles. The smallest absolute Gasteiger partial charge is 0.235 e. The van der Waals surface area contributed by atoms with Crippen LogP contribution in [0.3, 0.4) is 0 Å². The summed E-state index contributed by atoms with van der Waals surface area (Å²) in [6, 6.07) is 8.32. The highest BCUT2D eigenvalue weighted by atomic mass is 32.2. The highest BCUT2D eigenvalue weighted by Gasteiger charge is 2.26. The summed E-state index contributed by atoms with van der Waals surface area (Å²) in [6.45, 7) is 8.11. The molecule has 2 aromatic rings. The molecule has 2 heterocycles. The standard InChI is InChI=1S/C19H26N4OS2/c1-4-15-5-7-16(8-6-15)20-18-21-22-19(26-18)25-14(3)17(24)23-11-9-13(2)10-12-23/h5-8,13-14H,4,9-12H2,1-3H3,(H,20,21)/t14-/m1/s1. The number of nitrogens with zero attached hydrogens (tertiary/aromatic N) is 3. The minimum absolute atomic E-state index is 0.131. The number of nitrogens with one attached hydrogen (secondary N) is 1. The van der Waals surface area contributed by atoms with Gasteiger partial charge in [0.2, 0.25) is 11.0 Å². The summed E-state index contributed by atoms with van der Waals surface area (Å²) in [7, 11) is 0. The number of piperidine rings is 1. The van der Waals surface area contributed by atoms with E-state index >= 15 is 0 Å². The summed E-state index contributed by atoms with van der Waals surface area (Å²) >= 11 is 2.99. The van der Waals surface area contributed by atoms with Gasteiger partial charge in [0, 0.05) is 18.8 Å². The molecule has 1 amide bonds. The van der Waals surface area contributed by atoms with Gasteiger partial charge in [-0.25, -0.2) is 0 Å². The maximum atomic E-state index is 12.6. The summed E-state index contributed by atoms with van der Waals surface area (Å²) in [5, 5.41) is 12.3. The summed E-state index contributed by atoms with van der Waals surface area (Å²) in [5.41, 5.74) is 2.31. The third-order valence-electron chi connectivity index (χ3n) is 4.74. The molecule has 1 fully saturated rings. The maximum Gasteiger partial charge on any atom is 0.235 e. The number of carbonyl (C=O) groups is 1. The third-order valence-corrected chi connectivity index (χ3v) is 6.75. The SMILES string of the molecule is CCc1ccc(Nc2nnc(S[C@H](C)C(=O)N3CCC(C)CC3)s2)cc1. The quantitative estimate of drug-likeness (QED) is 0.732. The first kappa shape index (κ1) is 19.2. The van der Waals surface area contributed by atoms with Crippen molar-refractivity contribution in [2.45, 2.75) is 49.6 Å². The van der Waals surface area contributed by atoms with Gasteiger partial charge in [-0.3, -0.25) is 4.79 Å². The molecule has 0 spiro atoms. The summed E-state index contributed by atoms with van der Waals surface area (Å²) in [4.78, 5) is 14.6. The monoisotopic (exact) mass is 390 g/mol. The van der Waals surface area contributed by atoms with Gasteiger partial charge in [0.1, 0.15) is 0 Å². The lowest BCUT2D eigenvalue weighted by Gasteiger charge is -2.31. The molecule has 1 aliphatic heterocycles. The number of amides is 1. The van der Waals surface area contributed by atoms with Gasteiger partial charge in [-0.2, -0.15) is 0 Å². The number of carbonyl (C=O) groups excluding carboxylic acids is 1. The van der Waals surface area contributed by atoms with E-state index in [1.54, 1.807) is 0 Å². The molecule has 0 bridgehead atoms. The van der Waals surface area contributed by atoms with Gasteiger partial charge in [0.15, 0.2) is 4.34 Å². The molecule has 1 aromatic carbocycles. The predicted molar refractivity (Wildman–Crippen MR) is 109 cm³/mol. The Morgan fingerprint density at radius 1 is 1.31 bits per heavy atom. The average molecular weight is 391 g/mol. The minimum atomic E-state index is -0.131. The van der Waals surface area contributed by atoms with Crippen LogP contribution in [0.4, 0.5) is 10.8 Å². The number of aryl methyl sites for hydroxylation is 1. The molecule has 1 N–H and O–H groups in total. The van der Waals surface area contributed by atoms with E-state index in [-0.39, 0.29) is 11.2 Å². The van der Waals surface area contributed by atoms with Crippen LogP contribution in [-0.2, 0) is 11.2 Å². The summed E-state index contributed by atoms with van der Waals surface area (Å²) in [5.74, 6) is 0.937. The average Bonchev–Trinajstić information content (AvgIpc) is 3.09. The van der Waals surface area contributed by atoms with E-state index in [1.165, 1.54) is 28.7 Å². The van der Waals surface area contributed by atoms with Gasteiger partial charge in [0.25, 0.3) is 0 Å².